The van der Waals surface area contributed by atoms with Crippen molar-refractivity contribution in [2.45, 2.75) is 26.3 Å². The third kappa shape index (κ3) is 2.14. The Kier molecular flexibility index (Phi) is 3.06. The highest BCUT2D eigenvalue weighted by Crippen LogP contribution is 2.20. The van der Waals surface area contributed by atoms with Crippen LogP contribution in [0, 0.1) is 0 Å². The van der Waals surface area contributed by atoms with Gasteiger partial charge in [0.15, 0.2) is 0 Å². The van der Waals surface area contributed by atoms with Crippen LogP contribution in [0.4, 0.5) is 0 Å². The SMILES string of the molecule is CC(C)c1ccc(-c2ncc(CN)[nH]2)cc1. The number of aromatic nitrogens is 2. The van der Waals surface area contributed by atoms with Crippen LogP contribution in [-0.4, -0.2) is 9.97 Å². The molecule has 0 aliphatic heterocycles. The summed E-state index contributed by atoms with van der Waals surface area (Å²) in [4.78, 5) is 7.49. The molecule has 0 bridgehead atoms. The van der Waals surface area contributed by atoms with Crippen molar-refractivity contribution in [3.05, 3.63) is 41.7 Å². The second-order valence-electron chi connectivity index (χ2n) is 4.24. The molecule has 1 heterocycles. The van der Waals surface area contributed by atoms with Gasteiger partial charge in [0, 0.05) is 24.0 Å². The van der Waals surface area contributed by atoms with Crippen LogP contribution < -0.4 is 5.73 Å². The highest BCUT2D eigenvalue weighted by atomic mass is 14.9. The Morgan fingerprint density at radius 3 is 2.44 bits per heavy atom. The summed E-state index contributed by atoms with van der Waals surface area (Å²) in [7, 11) is 0. The molecular formula is C13H17N3. The molecule has 0 atom stereocenters. The quantitative estimate of drug-likeness (QED) is 0.827. The van der Waals surface area contributed by atoms with E-state index < -0.39 is 0 Å². The van der Waals surface area contributed by atoms with Gasteiger partial charge in [0.1, 0.15) is 5.82 Å². The Labute approximate surface area is 95.7 Å². The van der Waals surface area contributed by atoms with E-state index in [-0.39, 0.29) is 0 Å². The minimum atomic E-state index is 0.497. The zero-order chi connectivity index (χ0) is 11.5. The van der Waals surface area contributed by atoms with E-state index in [0.29, 0.717) is 12.5 Å². The van der Waals surface area contributed by atoms with Crippen molar-refractivity contribution >= 4 is 0 Å². The van der Waals surface area contributed by atoms with Crippen molar-refractivity contribution in [2.75, 3.05) is 0 Å². The third-order valence-corrected chi connectivity index (χ3v) is 2.70. The van der Waals surface area contributed by atoms with Gasteiger partial charge in [-0.3, -0.25) is 0 Å². The lowest BCUT2D eigenvalue weighted by Crippen LogP contribution is -1.95. The number of nitrogens with two attached hydrogens (primary N) is 1. The first-order valence-corrected chi connectivity index (χ1v) is 5.55. The van der Waals surface area contributed by atoms with E-state index in [9.17, 15) is 0 Å². The Hall–Kier alpha value is -1.61. The number of nitrogens with one attached hydrogen (secondary N) is 1. The van der Waals surface area contributed by atoms with Crippen LogP contribution in [0.5, 0.6) is 0 Å². The minimum Gasteiger partial charge on any atom is -0.341 e. The second-order valence-corrected chi connectivity index (χ2v) is 4.24. The lowest BCUT2D eigenvalue weighted by atomic mass is 10.0. The molecule has 3 N–H and O–H groups in total. The van der Waals surface area contributed by atoms with Crippen LogP contribution in [0.2, 0.25) is 0 Å². The van der Waals surface area contributed by atoms with Crippen molar-refractivity contribution in [3.63, 3.8) is 0 Å². The fraction of sp³-hybridized carbons (Fsp3) is 0.308. The molecule has 0 amide bonds. The summed E-state index contributed by atoms with van der Waals surface area (Å²) in [5.74, 6) is 1.45. The zero-order valence-corrected chi connectivity index (χ0v) is 9.70. The molecule has 1 aromatic carbocycles. The van der Waals surface area contributed by atoms with Gasteiger partial charge in [-0.15, -0.1) is 0 Å². The van der Waals surface area contributed by atoms with Gasteiger partial charge in [0.25, 0.3) is 0 Å². The van der Waals surface area contributed by atoms with Gasteiger partial charge in [-0.1, -0.05) is 38.1 Å². The average Bonchev–Trinajstić information content (AvgIpc) is 2.77. The van der Waals surface area contributed by atoms with E-state index in [4.69, 9.17) is 5.73 Å². The van der Waals surface area contributed by atoms with Crippen molar-refractivity contribution < 1.29 is 0 Å². The van der Waals surface area contributed by atoms with Crippen molar-refractivity contribution in [1.82, 2.24) is 9.97 Å². The maximum Gasteiger partial charge on any atom is 0.137 e. The molecular weight excluding hydrogens is 198 g/mol. The van der Waals surface area contributed by atoms with Gasteiger partial charge in [-0.05, 0) is 11.5 Å². The summed E-state index contributed by atoms with van der Waals surface area (Å²) in [6.07, 6.45) is 1.78. The molecule has 0 aliphatic rings. The molecule has 2 aromatic rings. The summed E-state index contributed by atoms with van der Waals surface area (Å²) in [6, 6.07) is 8.47. The molecule has 3 heteroatoms. The monoisotopic (exact) mass is 215 g/mol. The number of nitrogens with zero attached hydrogens (tertiary/aromatic N) is 1. The molecule has 0 saturated heterocycles. The molecule has 0 fully saturated rings. The molecule has 0 aliphatic carbocycles. The summed E-state index contributed by atoms with van der Waals surface area (Å²) in [5.41, 5.74) is 8.94. The number of hydrogen-bond donors (Lipinski definition) is 2. The Bertz CT molecular complexity index is 454. The van der Waals surface area contributed by atoms with Gasteiger partial charge >= 0.3 is 0 Å². The number of aromatic amines is 1. The van der Waals surface area contributed by atoms with Crippen molar-refractivity contribution in [3.8, 4) is 11.4 Å². The largest absolute Gasteiger partial charge is 0.341 e. The molecule has 0 saturated carbocycles. The lowest BCUT2D eigenvalue weighted by Gasteiger charge is -2.05. The fourth-order valence-electron chi connectivity index (χ4n) is 1.64. The molecule has 0 radical (unpaired) electrons. The summed E-state index contributed by atoms with van der Waals surface area (Å²) in [6.45, 7) is 4.87. The van der Waals surface area contributed by atoms with Gasteiger partial charge in [-0.2, -0.15) is 0 Å². The fourth-order valence-corrected chi connectivity index (χ4v) is 1.64. The second kappa shape index (κ2) is 4.49. The van der Waals surface area contributed by atoms with Gasteiger partial charge in [0.2, 0.25) is 0 Å². The first-order chi connectivity index (χ1) is 7.70. The van der Waals surface area contributed by atoms with Gasteiger partial charge in [0.05, 0.1) is 0 Å². The van der Waals surface area contributed by atoms with E-state index >= 15 is 0 Å². The predicted molar refractivity (Wildman–Crippen MR) is 66.0 cm³/mol. The Morgan fingerprint density at radius 2 is 1.94 bits per heavy atom. The number of H-pyrrole nitrogens is 1. The van der Waals surface area contributed by atoms with Crippen LogP contribution in [0.3, 0.4) is 0 Å². The van der Waals surface area contributed by atoms with Crippen molar-refractivity contribution in [1.29, 1.82) is 0 Å². The van der Waals surface area contributed by atoms with Crippen LogP contribution in [-0.2, 0) is 6.54 Å². The molecule has 1 aromatic heterocycles. The minimum absolute atomic E-state index is 0.497. The summed E-state index contributed by atoms with van der Waals surface area (Å²) in [5, 5.41) is 0. The summed E-state index contributed by atoms with van der Waals surface area (Å²) < 4.78 is 0. The standard InChI is InChI=1S/C13H17N3/c1-9(2)10-3-5-11(6-4-10)13-15-8-12(7-14)16-13/h3-6,8-9H,7,14H2,1-2H3,(H,15,16). The molecule has 0 spiro atoms. The topological polar surface area (TPSA) is 54.7 Å². The maximum absolute atomic E-state index is 5.53. The molecule has 2 rings (SSSR count). The van der Waals surface area contributed by atoms with E-state index in [0.717, 1.165) is 17.1 Å². The lowest BCUT2D eigenvalue weighted by molar-refractivity contribution is 0.867. The maximum atomic E-state index is 5.53. The molecule has 0 unspecified atom stereocenters. The first kappa shape index (κ1) is 10.9. The smallest absolute Gasteiger partial charge is 0.137 e. The number of benzene rings is 1. The first-order valence-electron chi connectivity index (χ1n) is 5.55. The molecule has 16 heavy (non-hydrogen) atoms. The third-order valence-electron chi connectivity index (χ3n) is 2.70. The summed E-state index contributed by atoms with van der Waals surface area (Å²) >= 11 is 0. The van der Waals surface area contributed by atoms with E-state index in [2.05, 4.69) is 48.1 Å². The van der Waals surface area contributed by atoms with Crippen LogP contribution >= 0.6 is 0 Å². The normalized spacial score (nSPS) is 11.0. The van der Waals surface area contributed by atoms with E-state index in [1.54, 1.807) is 6.20 Å². The molecule has 3 nitrogen and oxygen atoms in total. The zero-order valence-electron chi connectivity index (χ0n) is 9.70. The molecule has 84 valence electrons. The Morgan fingerprint density at radius 1 is 1.25 bits per heavy atom. The number of hydrogen-bond acceptors (Lipinski definition) is 2. The van der Waals surface area contributed by atoms with E-state index in [1.807, 2.05) is 0 Å². The van der Waals surface area contributed by atoms with Crippen LogP contribution in [0.25, 0.3) is 11.4 Å². The van der Waals surface area contributed by atoms with Gasteiger partial charge in [-0.25, -0.2) is 4.98 Å². The van der Waals surface area contributed by atoms with Crippen LogP contribution in [0.15, 0.2) is 30.5 Å². The average molecular weight is 215 g/mol. The highest BCUT2D eigenvalue weighted by molar-refractivity contribution is 5.55. The number of rotatable bonds is 3. The highest BCUT2D eigenvalue weighted by Gasteiger charge is 2.03. The number of imidazole rings is 1. The van der Waals surface area contributed by atoms with Crippen molar-refractivity contribution in [2.24, 2.45) is 5.73 Å². The predicted octanol–water partition coefficient (Wildman–Crippen LogP) is 2.66. The van der Waals surface area contributed by atoms with E-state index in [1.165, 1.54) is 5.56 Å². The van der Waals surface area contributed by atoms with Gasteiger partial charge < -0.3 is 10.7 Å². The Balaban J connectivity index is 2.27. The van der Waals surface area contributed by atoms with Crippen LogP contribution in [0.1, 0.15) is 31.0 Å².